The van der Waals surface area contributed by atoms with Crippen LogP contribution in [0.25, 0.3) is 11.4 Å². The Hall–Kier alpha value is -1.75. The fraction of sp³-hybridized carbons (Fsp3) is 0. The van der Waals surface area contributed by atoms with Gasteiger partial charge in [-0.15, -0.1) is 0 Å². The molecule has 0 bridgehead atoms. The highest BCUT2D eigenvalue weighted by atomic mass is 79.9. The predicted molar refractivity (Wildman–Crippen MR) is 62.1 cm³/mol. The molecule has 0 saturated carbocycles. The number of carbonyl (C=O) groups is 1. The second kappa shape index (κ2) is 4.40. The minimum atomic E-state index is -0.973. The van der Waals surface area contributed by atoms with Crippen molar-refractivity contribution in [3.63, 3.8) is 0 Å². The van der Waals surface area contributed by atoms with E-state index in [0.29, 0.717) is 16.0 Å². The Bertz CT molecular complexity index is 543. The highest BCUT2D eigenvalue weighted by Crippen LogP contribution is 2.17. The average Bonchev–Trinajstić information content (AvgIpc) is 2.29. The quantitative estimate of drug-likeness (QED) is 0.858. The van der Waals surface area contributed by atoms with Crippen LogP contribution in [0.3, 0.4) is 0 Å². The van der Waals surface area contributed by atoms with Crippen LogP contribution >= 0.6 is 15.9 Å². The van der Waals surface area contributed by atoms with Gasteiger partial charge in [-0.3, -0.25) is 4.98 Å². The summed E-state index contributed by atoms with van der Waals surface area (Å²) < 4.78 is 0.688. The third-order valence-electron chi connectivity index (χ3n) is 1.98. The van der Waals surface area contributed by atoms with E-state index < -0.39 is 5.97 Å². The number of hydrogen-bond acceptors (Lipinski definition) is 3. The number of aromatic carboxylic acids is 1. The fourth-order valence-corrected chi connectivity index (χ4v) is 1.60. The number of halogens is 1. The zero-order valence-corrected chi connectivity index (χ0v) is 9.68. The molecule has 5 heteroatoms. The standard InChI is InChI=1S/C11H7BrN2O2/c12-10-3-1-2-8(14-10)9-6-7(11(15)16)4-5-13-9/h1-6H,(H,15,16). The van der Waals surface area contributed by atoms with Gasteiger partial charge in [-0.2, -0.15) is 0 Å². The Balaban J connectivity index is 2.48. The van der Waals surface area contributed by atoms with E-state index in [1.165, 1.54) is 18.3 Å². The molecular formula is C11H7BrN2O2. The molecule has 2 aromatic rings. The highest BCUT2D eigenvalue weighted by molar-refractivity contribution is 9.10. The second-order valence-corrected chi connectivity index (χ2v) is 3.89. The van der Waals surface area contributed by atoms with Gasteiger partial charge in [0.1, 0.15) is 4.60 Å². The first kappa shape index (κ1) is 10.8. The minimum Gasteiger partial charge on any atom is -0.478 e. The van der Waals surface area contributed by atoms with Gasteiger partial charge in [0.15, 0.2) is 0 Å². The fourth-order valence-electron chi connectivity index (χ4n) is 1.25. The van der Waals surface area contributed by atoms with E-state index in [1.54, 1.807) is 12.1 Å². The van der Waals surface area contributed by atoms with Crippen molar-refractivity contribution < 1.29 is 9.90 Å². The van der Waals surface area contributed by atoms with Gasteiger partial charge >= 0.3 is 5.97 Å². The molecule has 0 radical (unpaired) electrons. The average molecular weight is 279 g/mol. The van der Waals surface area contributed by atoms with Gasteiger partial charge in [-0.05, 0) is 40.2 Å². The molecule has 0 aliphatic heterocycles. The molecule has 0 atom stereocenters. The lowest BCUT2D eigenvalue weighted by molar-refractivity contribution is 0.0697. The third kappa shape index (κ3) is 2.25. The summed E-state index contributed by atoms with van der Waals surface area (Å²) in [5, 5.41) is 8.85. The summed E-state index contributed by atoms with van der Waals surface area (Å²) in [5.74, 6) is -0.973. The van der Waals surface area contributed by atoms with Crippen LogP contribution in [0.15, 0.2) is 41.1 Å². The zero-order chi connectivity index (χ0) is 11.5. The molecule has 0 saturated heterocycles. The molecule has 0 amide bonds. The van der Waals surface area contributed by atoms with Crippen LogP contribution in [0.2, 0.25) is 0 Å². The Morgan fingerprint density at radius 3 is 2.75 bits per heavy atom. The largest absolute Gasteiger partial charge is 0.478 e. The van der Waals surface area contributed by atoms with Crippen LogP contribution in [-0.2, 0) is 0 Å². The maximum atomic E-state index is 10.8. The lowest BCUT2D eigenvalue weighted by atomic mass is 10.2. The summed E-state index contributed by atoms with van der Waals surface area (Å²) in [5.41, 5.74) is 1.38. The van der Waals surface area contributed by atoms with Crippen LogP contribution < -0.4 is 0 Å². The number of carboxylic acid groups (broad SMARTS) is 1. The van der Waals surface area contributed by atoms with Gasteiger partial charge < -0.3 is 5.11 Å². The van der Waals surface area contributed by atoms with Gasteiger partial charge in [0.25, 0.3) is 0 Å². The Kier molecular flexibility index (Phi) is 2.96. The Morgan fingerprint density at radius 2 is 2.06 bits per heavy atom. The molecule has 0 spiro atoms. The van der Waals surface area contributed by atoms with Crippen LogP contribution in [0.5, 0.6) is 0 Å². The summed E-state index contributed by atoms with van der Waals surface area (Å²) in [4.78, 5) is 19.1. The Labute approximate surface area is 100 Å². The van der Waals surface area contributed by atoms with E-state index in [-0.39, 0.29) is 5.56 Å². The van der Waals surface area contributed by atoms with E-state index in [1.807, 2.05) is 6.07 Å². The number of pyridine rings is 2. The SMILES string of the molecule is O=C(O)c1ccnc(-c2cccc(Br)n2)c1. The summed E-state index contributed by atoms with van der Waals surface area (Å²) >= 11 is 3.25. The topological polar surface area (TPSA) is 63.1 Å². The predicted octanol–water partition coefficient (Wildman–Crippen LogP) is 2.60. The molecule has 2 rings (SSSR count). The van der Waals surface area contributed by atoms with Crippen molar-refractivity contribution in [1.82, 2.24) is 9.97 Å². The first-order valence-corrected chi connectivity index (χ1v) is 5.28. The molecule has 0 aliphatic rings. The number of hydrogen-bond donors (Lipinski definition) is 1. The highest BCUT2D eigenvalue weighted by Gasteiger charge is 2.06. The van der Waals surface area contributed by atoms with Crippen LogP contribution in [0, 0.1) is 0 Å². The van der Waals surface area contributed by atoms with Crippen molar-refractivity contribution in [3.8, 4) is 11.4 Å². The van der Waals surface area contributed by atoms with Crippen molar-refractivity contribution in [2.75, 3.05) is 0 Å². The molecule has 0 aliphatic carbocycles. The minimum absolute atomic E-state index is 0.201. The van der Waals surface area contributed by atoms with Crippen molar-refractivity contribution >= 4 is 21.9 Å². The number of aromatic nitrogens is 2. The van der Waals surface area contributed by atoms with Gasteiger partial charge in [-0.25, -0.2) is 9.78 Å². The monoisotopic (exact) mass is 278 g/mol. The van der Waals surface area contributed by atoms with E-state index in [0.717, 1.165) is 0 Å². The molecule has 1 N–H and O–H groups in total. The molecular weight excluding hydrogens is 272 g/mol. The van der Waals surface area contributed by atoms with Crippen LogP contribution in [-0.4, -0.2) is 21.0 Å². The molecule has 2 aromatic heterocycles. The van der Waals surface area contributed by atoms with Gasteiger partial charge in [0.2, 0.25) is 0 Å². The first-order valence-electron chi connectivity index (χ1n) is 4.49. The van der Waals surface area contributed by atoms with Crippen molar-refractivity contribution in [1.29, 1.82) is 0 Å². The van der Waals surface area contributed by atoms with Crippen molar-refractivity contribution in [3.05, 3.63) is 46.7 Å². The third-order valence-corrected chi connectivity index (χ3v) is 2.43. The number of carboxylic acids is 1. The smallest absolute Gasteiger partial charge is 0.335 e. The molecule has 16 heavy (non-hydrogen) atoms. The maximum Gasteiger partial charge on any atom is 0.335 e. The van der Waals surface area contributed by atoms with E-state index in [4.69, 9.17) is 5.11 Å². The van der Waals surface area contributed by atoms with Crippen LogP contribution in [0.1, 0.15) is 10.4 Å². The van der Waals surface area contributed by atoms with Gasteiger partial charge in [0, 0.05) is 6.20 Å². The molecule has 0 fully saturated rings. The summed E-state index contributed by atoms with van der Waals surface area (Å²) in [6.07, 6.45) is 1.46. The second-order valence-electron chi connectivity index (χ2n) is 3.08. The summed E-state index contributed by atoms with van der Waals surface area (Å²) in [7, 11) is 0. The van der Waals surface area contributed by atoms with Gasteiger partial charge in [-0.1, -0.05) is 6.07 Å². The molecule has 4 nitrogen and oxygen atoms in total. The lowest BCUT2D eigenvalue weighted by Gasteiger charge is -2.01. The Morgan fingerprint density at radius 1 is 1.25 bits per heavy atom. The maximum absolute atomic E-state index is 10.8. The lowest BCUT2D eigenvalue weighted by Crippen LogP contribution is -1.97. The number of rotatable bonds is 2. The first-order chi connectivity index (χ1) is 7.66. The summed E-state index contributed by atoms with van der Waals surface area (Å²) in [6, 6.07) is 8.34. The van der Waals surface area contributed by atoms with Crippen molar-refractivity contribution in [2.24, 2.45) is 0 Å². The summed E-state index contributed by atoms with van der Waals surface area (Å²) in [6.45, 7) is 0. The van der Waals surface area contributed by atoms with Gasteiger partial charge in [0.05, 0.1) is 17.0 Å². The number of nitrogens with zero attached hydrogens (tertiary/aromatic N) is 2. The molecule has 0 unspecified atom stereocenters. The zero-order valence-electron chi connectivity index (χ0n) is 8.09. The van der Waals surface area contributed by atoms with Crippen molar-refractivity contribution in [2.45, 2.75) is 0 Å². The molecule has 2 heterocycles. The van der Waals surface area contributed by atoms with Crippen LogP contribution in [0.4, 0.5) is 0 Å². The molecule has 0 aromatic carbocycles. The van der Waals surface area contributed by atoms with E-state index in [9.17, 15) is 4.79 Å². The van der Waals surface area contributed by atoms with E-state index in [2.05, 4.69) is 25.9 Å². The van der Waals surface area contributed by atoms with E-state index >= 15 is 0 Å². The molecule has 80 valence electrons. The normalized spacial score (nSPS) is 10.1.